The molecule has 1 aliphatic rings. The standard InChI is InChI=1S/C26H21F3N2O4/c27-26(28,29)16-35-15-19-8-6-17(7-9-19)13-30-23(32)20-10-11-21-22(12-20)25(34)31(24(21)33)14-18-4-2-1-3-5-18/h1-12H,13-16H2,(H,30,32). The van der Waals surface area contributed by atoms with Crippen molar-refractivity contribution in [1.29, 1.82) is 0 Å². The largest absolute Gasteiger partial charge is 0.411 e. The monoisotopic (exact) mass is 482 g/mol. The molecule has 3 aromatic rings. The minimum atomic E-state index is -4.38. The van der Waals surface area contributed by atoms with Gasteiger partial charge in [-0.1, -0.05) is 54.6 Å². The zero-order chi connectivity index (χ0) is 25.0. The van der Waals surface area contributed by atoms with Crippen LogP contribution in [0.4, 0.5) is 13.2 Å². The summed E-state index contributed by atoms with van der Waals surface area (Å²) in [5, 5.41) is 2.74. The molecule has 1 aliphatic heterocycles. The van der Waals surface area contributed by atoms with Crippen LogP contribution in [0.3, 0.4) is 0 Å². The quantitative estimate of drug-likeness (QED) is 0.480. The summed E-state index contributed by atoms with van der Waals surface area (Å²) in [5.74, 6) is -1.28. The van der Waals surface area contributed by atoms with Crippen LogP contribution in [-0.2, 0) is 24.4 Å². The lowest BCUT2D eigenvalue weighted by Crippen LogP contribution is -2.29. The molecule has 0 bridgehead atoms. The number of carbonyl (C=O) groups is 3. The number of amides is 3. The van der Waals surface area contributed by atoms with Gasteiger partial charge in [0.05, 0.1) is 24.3 Å². The summed E-state index contributed by atoms with van der Waals surface area (Å²) in [6.07, 6.45) is -4.38. The van der Waals surface area contributed by atoms with Gasteiger partial charge in [0.2, 0.25) is 0 Å². The van der Waals surface area contributed by atoms with E-state index in [1.54, 1.807) is 24.3 Å². The van der Waals surface area contributed by atoms with Crippen molar-refractivity contribution in [3.8, 4) is 0 Å². The van der Waals surface area contributed by atoms with Gasteiger partial charge in [0.15, 0.2) is 0 Å². The number of alkyl halides is 3. The van der Waals surface area contributed by atoms with Crippen molar-refractivity contribution < 1.29 is 32.3 Å². The molecule has 0 fully saturated rings. The minimum absolute atomic E-state index is 0.145. The van der Waals surface area contributed by atoms with Crippen molar-refractivity contribution >= 4 is 17.7 Å². The second-order valence-corrected chi connectivity index (χ2v) is 8.05. The zero-order valence-corrected chi connectivity index (χ0v) is 18.5. The molecule has 6 nitrogen and oxygen atoms in total. The lowest BCUT2D eigenvalue weighted by Gasteiger charge is -2.13. The predicted molar refractivity (Wildman–Crippen MR) is 120 cm³/mol. The maximum atomic E-state index is 12.8. The summed E-state index contributed by atoms with van der Waals surface area (Å²) >= 11 is 0. The normalized spacial score (nSPS) is 13.2. The van der Waals surface area contributed by atoms with Gasteiger partial charge in [-0.05, 0) is 34.9 Å². The summed E-state index contributed by atoms with van der Waals surface area (Å²) in [6.45, 7) is -1.17. The fourth-order valence-corrected chi connectivity index (χ4v) is 3.66. The highest BCUT2D eigenvalue weighted by Gasteiger charge is 2.36. The lowest BCUT2D eigenvalue weighted by atomic mass is 10.1. The van der Waals surface area contributed by atoms with Gasteiger partial charge in [-0.25, -0.2) is 0 Å². The number of ether oxygens (including phenoxy) is 1. The summed E-state index contributed by atoms with van der Waals surface area (Å²) < 4.78 is 41.1. The summed E-state index contributed by atoms with van der Waals surface area (Å²) in [5.41, 5.74) is 2.81. The molecule has 1 N–H and O–H groups in total. The van der Waals surface area contributed by atoms with Crippen molar-refractivity contribution in [1.82, 2.24) is 10.2 Å². The van der Waals surface area contributed by atoms with Crippen LogP contribution in [-0.4, -0.2) is 35.4 Å². The number of carbonyl (C=O) groups excluding carboxylic acids is 3. The Bertz CT molecular complexity index is 1240. The molecule has 0 spiro atoms. The first kappa shape index (κ1) is 24.2. The van der Waals surface area contributed by atoms with E-state index in [1.807, 2.05) is 30.3 Å². The van der Waals surface area contributed by atoms with Gasteiger partial charge in [0.25, 0.3) is 17.7 Å². The predicted octanol–water partition coefficient (Wildman–Crippen LogP) is 4.49. The molecule has 0 aromatic heterocycles. The van der Waals surface area contributed by atoms with Crippen molar-refractivity contribution in [2.24, 2.45) is 0 Å². The Balaban J connectivity index is 1.35. The molecule has 0 saturated heterocycles. The second kappa shape index (κ2) is 10.1. The molecule has 0 aliphatic carbocycles. The SMILES string of the molecule is O=C(NCc1ccc(COCC(F)(F)F)cc1)c1ccc2c(c1)C(=O)N(Cc1ccccc1)C2=O. The molecule has 4 rings (SSSR count). The Morgan fingerprint density at radius 1 is 0.829 bits per heavy atom. The van der Waals surface area contributed by atoms with E-state index in [4.69, 9.17) is 0 Å². The van der Waals surface area contributed by atoms with Crippen LogP contribution >= 0.6 is 0 Å². The Morgan fingerprint density at radius 2 is 1.49 bits per heavy atom. The molecule has 1 heterocycles. The number of hydrogen-bond acceptors (Lipinski definition) is 4. The molecule has 0 atom stereocenters. The molecule has 0 radical (unpaired) electrons. The minimum Gasteiger partial charge on any atom is -0.367 e. The second-order valence-electron chi connectivity index (χ2n) is 8.05. The van der Waals surface area contributed by atoms with Gasteiger partial charge in [0, 0.05) is 12.1 Å². The zero-order valence-electron chi connectivity index (χ0n) is 18.5. The third-order valence-corrected chi connectivity index (χ3v) is 5.43. The maximum Gasteiger partial charge on any atom is 0.411 e. The number of hydrogen-bond donors (Lipinski definition) is 1. The fraction of sp³-hybridized carbons (Fsp3) is 0.192. The van der Waals surface area contributed by atoms with E-state index in [-0.39, 0.29) is 36.4 Å². The number of fused-ring (bicyclic) bond motifs is 1. The average molecular weight is 482 g/mol. The number of rotatable bonds is 8. The van der Waals surface area contributed by atoms with Crippen LogP contribution in [0.5, 0.6) is 0 Å². The maximum absolute atomic E-state index is 12.8. The molecule has 0 unspecified atom stereocenters. The Hall–Kier alpha value is -3.98. The average Bonchev–Trinajstić information content (AvgIpc) is 3.07. The van der Waals surface area contributed by atoms with E-state index in [2.05, 4.69) is 10.1 Å². The highest BCUT2D eigenvalue weighted by atomic mass is 19.4. The highest BCUT2D eigenvalue weighted by molar-refractivity contribution is 6.22. The third-order valence-electron chi connectivity index (χ3n) is 5.43. The first-order valence-electron chi connectivity index (χ1n) is 10.8. The van der Waals surface area contributed by atoms with E-state index in [0.717, 1.165) is 16.0 Å². The van der Waals surface area contributed by atoms with E-state index in [0.29, 0.717) is 5.56 Å². The summed E-state index contributed by atoms with van der Waals surface area (Å²) in [7, 11) is 0. The van der Waals surface area contributed by atoms with Crippen LogP contribution < -0.4 is 5.32 Å². The van der Waals surface area contributed by atoms with Crippen molar-refractivity contribution in [3.63, 3.8) is 0 Å². The van der Waals surface area contributed by atoms with E-state index >= 15 is 0 Å². The van der Waals surface area contributed by atoms with Gasteiger partial charge in [0.1, 0.15) is 6.61 Å². The van der Waals surface area contributed by atoms with Crippen molar-refractivity contribution in [2.75, 3.05) is 6.61 Å². The molecular weight excluding hydrogens is 461 g/mol. The number of imide groups is 1. The van der Waals surface area contributed by atoms with Crippen molar-refractivity contribution in [3.05, 3.63) is 106 Å². The van der Waals surface area contributed by atoms with Gasteiger partial charge in [-0.2, -0.15) is 13.2 Å². The van der Waals surface area contributed by atoms with E-state index < -0.39 is 30.5 Å². The van der Waals surface area contributed by atoms with Gasteiger partial charge in [-0.3, -0.25) is 19.3 Å². The Labute approximate surface area is 199 Å². The van der Waals surface area contributed by atoms with Gasteiger partial charge >= 0.3 is 6.18 Å². The van der Waals surface area contributed by atoms with Gasteiger partial charge in [-0.15, -0.1) is 0 Å². The number of benzene rings is 3. The Kier molecular flexibility index (Phi) is 6.97. The van der Waals surface area contributed by atoms with Crippen LogP contribution in [0.15, 0.2) is 72.8 Å². The topological polar surface area (TPSA) is 75.7 Å². The molecular formula is C26H21F3N2O4. The number of halogens is 3. The first-order valence-corrected chi connectivity index (χ1v) is 10.8. The van der Waals surface area contributed by atoms with Crippen LogP contribution in [0.25, 0.3) is 0 Å². The molecule has 0 saturated carbocycles. The van der Waals surface area contributed by atoms with Crippen LogP contribution in [0, 0.1) is 0 Å². The number of nitrogens with zero attached hydrogens (tertiary/aromatic N) is 1. The smallest absolute Gasteiger partial charge is 0.367 e. The van der Waals surface area contributed by atoms with E-state index in [1.165, 1.54) is 18.2 Å². The summed E-state index contributed by atoms with van der Waals surface area (Å²) in [6, 6.07) is 20.1. The van der Waals surface area contributed by atoms with Gasteiger partial charge < -0.3 is 10.1 Å². The van der Waals surface area contributed by atoms with Crippen LogP contribution in [0.2, 0.25) is 0 Å². The molecule has 3 amide bonds. The molecule has 3 aromatic carbocycles. The van der Waals surface area contributed by atoms with Crippen molar-refractivity contribution in [2.45, 2.75) is 25.9 Å². The number of nitrogens with one attached hydrogen (secondary N) is 1. The lowest BCUT2D eigenvalue weighted by molar-refractivity contribution is -0.176. The highest BCUT2D eigenvalue weighted by Crippen LogP contribution is 2.26. The fourth-order valence-electron chi connectivity index (χ4n) is 3.66. The molecule has 35 heavy (non-hydrogen) atoms. The molecule has 9 heteroatoms. The third kappa shape index (κ3) is 5.93. The Morgan fingerprint density at radius 3 is 2.17 bits per heavy atom. The van der Waals surface area contributed by atoms with Crippen LogP contribution in [0.1, 0.15) is 47.8 Å². The first-order chi connectivity index (χ1) is 16.7. The molecule has 180 valence electrons. The van der Waals surface area contributed by atoms with E-state index in [9.17, 15) is 27.6 Å². The summed E-state index contributed by atoms with van der Waals surface area (Å²) in [4.78, 5) is 39.3.